The molecule has 1 heterocycles. The van der Waals surface area contributed by atoms with Crippen LogP contribution in [0, 0.1) is 12.7 Å². The molecule has 0 spiro atoms. The molecule has 0 saturated heterocycles. The number of rotatable bonds is 3. The maximum absolute atomic E-state index is 13.5. The van der Waals surface area contributed by atoms with Gasteiger partial charge in [-0.05, 0) is 31.2 Å². The van der Waals surface area contributed by atoms with Crippen molar-refractivity contribution in [2.24, 2.45) is 0 Å². The average molecular weight is 263 g/mol. The van der Waals surface area contributed by atoms with Crippen molar-refractivity contribution in [2.75, 3.05) is 0 Å². The van der Waals surface area contributed by atoms with Gasteiger partial charge in [-0.3, -0.25) is 0 Å². The number of carboxylic acids is 1. The summed E-state index contributed by atoms with van der Waals surface area (Å²) in [5.74, 6) is -1.36. The summed E-state index contributed by atoms with van der Waals surface area (Å²) in [5, 5.41) is 9.41. The molecule has 3 nitrogen and oxygen atoms in total. The van der Waals surface area contributed by atoms with Crippen LogP contribution in [0.15, 0.2) is 46.3 Å². The van der Waals surface area contributed by atoms with Gasteiger partial charge in [0.05, 0.1) is 5.56 Å². The molecular weight excluding hydrogens is 253 g/mol. The third kappa shape index (κ3) is 2.87. The lowest BCUT2D eigenvalue weighted by Gasteiger charge is -2.04. The summed E-state index contributed by atoms with van der Waals surface area (Å²) >= 11 is 1.11. The Morgan fingerprint density at radius 3 is 2.72 bits per heavy atom. The van der Waals surface area contributed by atoms with Gasteiger partial charge in [-0.15, -0.1) is 0 Å². The molecule has 0 saturated carbocycles. The Labute approximate surface area is 108 Å². The van der Waals surface area contributed by atoms with Crippen molar-refractivity contribution in [1.82, 2.24) is 4.98 Å². The number of aromatic carboxylic acids is 1. The number of aromatic nitrogens is 1. The summed E-state index contributed by atoms with van der Waals surface area (Å²) in [6.45, 7) is 1.71. The van der Waals surface area contributed by atoms with E-state index in [0.29, 0.717) is 15.6 Å². The fourth-order valence-electron chi connectivity index (χ4n) is 1.45. The third-order valence-corrected chi connectivity index (χ3v) is 3.20. The van der Waals surface area contributed by atoms with Gasteiger partial charge in [-0.1, -0.05) is 23.9 Å². The monoisotopic (exact) mass is 263 g/mol. The van der Waals surface area contributed by atoms with Crippen molar-refractivity contribution in [3.05, 3.63) is 53.5 Å². The zero-order valence-electron chi connectivity index (χ0n) is 9.55. The smallest absolute Gasteiger partial charge is 0.335 e. The number of nitrogens with zero attached hydrogens (tertiary/aromatic N) is 1. The van der Waals surface area contributed by atoms with Crippen LogP contribution in [0.5, 0.6) is 0 Å². The van der Waals surface area contributed by atoms with Gasteiger partial charge < -0.3 is 5.11 Å². The minimum Gasteiger partial charge on any atom is -0.478 e. The van der Waals surface area contributed by atoms with Gasteiger partial charge in [0.2, 0.25) is 0 Å². The molecule has 92 valence electrons. The van der Waals surface area contributed by atoms with Crippen LogP contribution in [0.3, 0.4) is 0 Å². The number of carboxylic acid groups (broad SMARTS) is 1. The SMILES string of the molecule is Cc1cc(C(=O)O)cc(Sc2ccccc2F)n1. The van der Waals surface area contributed by atoms with Crippen LogP contribution in [0.2, 0.25) is 0 Å². The van der Waals surface area contributed by atoms with Gasteiger partial charge in [-0.2, -0.15) is 0 Å². The Balaban J connectivity index is 2.35. The molecule has 0 atom stereocenters. The summed E-state index contributed by atoms with van der Waals surface area (Å²) in [5.41, 5.74) is 0.745. The molecule has 2 rings (SSSR count). The van der Waals surface area contributed by atoms with Crippen LogP contribution in [-0.2, 0) is 0 Å². The van der Waals surface area contributed by atoms with Crippen molar-refractivity contribution in [1.29, 1.82) is 0 Å². The molecule has 0 radical (unpaired) electrons. The lowest BCUT2D eigenvalue weighted by molar-refractivity contribution is 0.0696. The first-order valence-corrected chi connectivity index (χ1v) is 6.02. The minimum absolute atomic E-state index is 0.154. The summed E-state index contributed by atoms with van der Waals surface area (Å²) < 4.78 is 13.5. The predicted molar refractivity (Wildman–Crippen MR) is 66.5 cm³/mol. The molecule has 1 aromatic carbocycles. The fraction of sp³-hybridized carbons (Fsp3) is 0.0769. The van der Waals surface area contributed by atoms with E-state index in [2.05, 4.69) is 4.98 Å². The second-order valence-electron chi connectivity index (χ2n) is 3.67. The molecule has 0 amide bonds. The summed E-state index contributed by atoms with van der Waals surface area (Å²) in [6.07, 6.45) is 0. The molecule has 0 fully saturated rings. The normalized spacial score (nSPS) is 10.3. The summed E-state index contributed by atoms with van der Waals surface area (Å²) in [6, 6.07) is 9.23. The number of halogens is 1. The lowest BCUT2D eigenvalue weighted by Crippen LogP contribution is -1.99. The molecule has 5 heteroatoms. The Morgan fingerprint density at radius 1 is 1.33 bits per heavy atom. The maximum Gasteiger partial charge on any atom is 0.335 e. The number of hydrogen-bond acceptors (Lipinski definition) is 3. The molecule has 1 aromatic heterocycles. The van der Waals surface area contributed by atoms with Gasteiger partial charge in [0.25, 0.3) is 0 Å². The van der Waals surface area contributed by atoms with Gasteiger partial charge >= 0.3 is 5.97 Å². The number of carbonyl (C=O) groups is 1. The predicted octanol–water partition coefficient (Wildman–Crippen LogP) is 3.38. The van der Waals surface area contributed by atoms with Crippen LogP contribution in [0.1, 0.15) is 16.1 Å². The average Bonchev–Trinajstić information content (AvgIpc) is 2.31. The summed E-state index contributed by atoms with van der Waals surface area (Å²) in [7, 11) is 0. The second kappa shape index (κ2) is 5.18. The van der Waals surface area contributed by atoms with Crippen LogP contribution < -0.4 is 0 Å². The van der Waals surface area contributed by atoms with Crippen molar-refractivity contribution in [3.8, 4) is 0 Å². The first-order valence-electron chi connectivity index (χ1n) is 5.20. The van der Waals surface area contributed by atoms with E-state index >= 15 is 0 Å². The molecule has 0 aliphatic carbocycles. The maximum atomic E-state index is 13.5. The molecule has 0 aliphatic heterocycles. The van der Waals surface area contributed by atoms with Crippen molar-refractivity contribution < 1.29 is 14.3 Å². The van der Waals surface area contributed by atoms with E-state index < -0.39 is 5.97 Å². The Morgan fingerprint density at radius 2 is 2.06 bits per heavy atom. The van der Waals surface area contributed by atoms with Gasteiger partial charge in [0.15, 0.2) is 0 Å². The molecular formula is C13H10FNO2S. The van der Waals surface area contributed by atoms with Gasteiger partial charge in [0.1, 0.15) is 10.8 Å². The molecule has 0 aliphatic rings. The van der Waals surface area contributed by atoms with Crippen LogP contribution in [-0.4, -0.2) is 16.1 Å². The molecule has 0 unspecified atom stereocenters. The highest BCUT2D eigenvalue weighted by atomic mass is 32.2. The minimum atomic E-state index is -1.02. The molecule has 18 heavy (non-hydrogen) atoms. The van der Waals surface area contributed by atoms with E-state index in [1.54, 1.807) is 25.1 Å². The van der Waals surface area contributed by atoms with Crippen LogP contribution in [0.25, 0.3) is 0 Å². The highest BCUT2D eigenvalue weighted by Gasteiger charge is 2.09. The summed E-state index contributed by atoms with van der Waals surface area (Å²) in [4.78, 5) is 15.5. The molecule has 1 N–H and O–H groups in total. The van der Waals surface area contributed by atoms with Crippen LogP contribution >= 0.6 is 11.8 Å². The zero-order chi connectivity index (χ0) is 13.1. The van der Waals surface area contributed by atoms with E-state index in [9.17, 15) is 9.18 Å². The first kappa shape index (κ1) is 12.6. The largest absolute Gasteiger partial charge is 0.478 e. The number of aryl methyl sites for hydroxylation is 1. The van der Waals surface area contributed by atoms with Crippen molar-refractivity contribution in [3.63, 3.8) is 0 Å². The molecule has 0 bridgehead atoms. The highest BCUT2D eigenvalue weighted by molar-refractivity contribution is 7.99. The van der Waals surface area contributed by atoms with Crippen LogP contribution in [0.4, 0.5) is 4.39 Å². The van der Waals surface area contributed by atoms with E-state index in [1.165, 1.54) is 18.2 Å². The Hall–Kier alpha value is -1.88. The number of hydrogen-bond donors (Lipinski definition) is 1. The van der Waals surface area contributed by atoms with E-state index in [0.717, 1.165) is 11.8 Å². The first-order chi connectivity index (χ1) is 8.56. The van der Waals surface area contributed by atoms with Gasteiger partial charge in [-0.25, -0.2) is 14.2 Å². The number of benzene rings is 1. The number of pyridine rings is 1. The third-order valence-electron chi connectivity index (χ3n) is 2.23. The zero-order valence-corrected chi connectivity index (χ0v) is 10.4. The Kier molecular flexibility index (Phi) is 3.62. The second-order valence-corrected chi connectivity index (χ2v) is 4.74. The van der Waals surface area contributed by atoms with Crippen molar-refractivity contribution >= 4 is 17.7 Å². The lowest BCUT2D eigenvalue weighted by atomic mass is 10.2. The fourth-order valence-corrected chi connectivity index (χ4v) is 2.37. The van der Waals surface area contributed by atoms with Gasteiger partial charge in [0, 0.05) is 10.6 Å². The van der Waals surface area contributed by atoms with Crippen molar-refractivity contribution in [2.45, 2.75) is 16.8 Å². The standard InChI is InChI=1S/C13H10FNO2S/c1-8-6-9(13(16)17)7-12(15-8)18-11-5-3-2-4-10(11)14/h2-7H,1H3,(H,16,17). The molecule has 2 aromatic rings. The topological polar surface area (TPSA) is 50.2 Å². The van der Waals surface area contributed by atoms with E-state index in [4.69, 9.17) is 5.11 Å². The van der Waals surface area contributed by atoms with E-state index in [1.807, 2.05) is 0 Å². The highest BCUT2D eigenvalue weighted by Crippen LogP contribution is 2.29. The Bertz CT molecular complexity index is 601. The van der Waals surface area contributed by atoms with E-state index in [-0.39, 0.29) is 11.4 Å². The quantitative estimate of drug-likeness (QED) is 0.922.